The van der Waals surface area contributed by atoms with Crippen molar-refractivity contribution in [2.75, 3.05) is 25.2 Å². The van der Waals surface area contributed by atoms with Crippen LogP contribution >= 0.6 is 0 Å². The standard InChI is InChI=1S/C26H28N6O8/c1-5-27-24(36)18-12-32-22(16(18)4)23(28-13-29-32)30-19-11-17(8-7-15(19)3)25(37)31(6-2)26(38)40-14-39-21(35)10-9-20(33)34/h7-13H,5-6,14H2,1-4H3,(H,27,36)(H,33,34)(H,28,29,30)/b10-9+. The summed E-state index contributed by atoms with van der Waals surface area (Å²) in [6.07, 6.45) is 3.11. The number of hydrogen-bond donors (Lipinski definition) is 3. The normalized spacial score (nSPS) is 10.8. The largest absolute Gasteiger partial charge is 0.478 e. The Labute approximate surface area is 228 Å². The fourth-order valence-corrected chi connectivity index (χ4v) is 3.67. The van der Waals surface area contributed by atoms with E-state index in [-0.39, 0.29) is 18.0 Å². The first-order chi connectivity index (χ1) is 19.1. The molecule has 0 saturated carbocycles. The maximum absolute atomic E-state index is 13.2. The summed E-state index contributed by atoms with van der Waals surface area (Å²) in [6, 6.07) is 4.78. The minimum Gasteiger partial charge on any atom is -0.478 e. The zero-order chi connectivity index (χ0) is 29.4. The minimum absolute atomic E-state index is 0.0420. The third kappa shape index (κ3) is 6.78. The van der Waals surface area contributed by atoms with Gasteiger partial charge in [0.2, 0.25) is 6.79 Å². The van der Waals surface area contributed by atoms with E-state index in [0.29, 0.717) is 46.8 Å². The van der Waals surface area contributed by atoms with Crippen molar-refractivity contribution in [1.82, 2.24) is 24.8 Å². The highest BCUT2D eigenvalue weighted by molar-refractivity contribution is 6.04. The Kier molecular flexibility index (Phi) is 9.52. The molecule has 0 aliphatic rings. The third-order valence-electron chi connectivity index (χ3n) is 5.67. The zero-order valence-corrected chi connectivity index (χ0v) is 22.3. The Morgan fingerprint density at radius 2 is 1.85 bits per heavy atom. The van der Waals surface area contributed by atoms with E-state index in [1.54, 1.807) is 42.8 Å². The Bertz CT molecular complexity index is 1500. The van der Waals surface area contributed by atoms with Crippen molar-refractivity contribution in [3.63, 3.8) is 0 Å². The molecule has 0 saturated heterocycles. The number of imide groups is 1. The predicted octanol–water partition coefficient (Wildman–Crippen LogP) is 2.58. The monoisotopic (exact) mass is 552 g/mol. The Morgan fingerprint density at radius 3 is 2.52 bits per heavy atom. The molecule has 0 bridgehead atoms. The number of ether oxygens (including phenoxy) is 2. The second kappa shape index (κ2) is 13.0. The van der Waals surface area contributed by atoms with Crippen molar-refractivity contribution in [3.8, 4) is 0 Å². The van der Waals surface area contributed by atoms with Gasteiger partial charge in [-0.3, -0.25) is 9.59 Å². The van der Waals surface area contributed by atoms with Crippen LogP contribution in [-0.4, -0.2) is 74.3 Å². The van der Waals surface area contributed by atoms with Crippen LogP contribution < -0.4 is 10.6 Å². The van der Waals surface area contributed by atoms with Crippen LogP contribution in [0.4, 0.5) is 16.3 Å². The van der Waals surface area contributed by atoms with E-state index in [9.17, 15) is 24.0 Å². The maximum atomic E-state index is 13.2. The van der Waals surface area contributed by atoms with Gasteiger partial charge < -0.3 is 25.2 Å². The SMILES string of the molecule is CCNC(=O)c1cn2ncnc(Nc3cc(C(=O)N(CC)C(=O)OCOC(=O)/C=C/C(=O)O)ccc3C)c2c1C. The van der Waals surface area contributed by atoms with Crippen molar-refractivity contribution >= 4 is 46.9 Å². The molecule has 3 aromatic rings. The molecule has 2 heterocycles. The van der Waals surface area contributed by atoms with E-state index in [1.807, 2.05) is 13.8 Å². The Balaban J connectivity index is 1.80. The number of hydrogen-bond acceptors (Lipinski definition) is 10. The molecule has 3 amide bonds. The van der Waals surface area contributed by atoms with Crippen LogP contribution in [-0.2, 0) is 19.1 Å². The molecule has 0 radical (unpaired) electrons. The lowest BCUT2D eigenvalue weighted by molar-refractivity contribution is -0.146. The summed E-state index contributed by atoms with van der Waals surface area (Å²) < 4.78 is 11.0. The van der Waals surface area contributed by atoms with Gasteiger partial charge in [-0.25, -0.2) is 28.8 Å². The summed E-state index contributed by atoms with van der Waals surface area (Å²) >= 11 is 0. The fourth-order valence-electron chi connectivity index (χ4n) is 3.67. The molecule has 14 heteroatoms. The van der Waals surface area contributed by atoms with Gasteiger partial charge in [0.1, 0.15) is 11.8 Å². The van der Waals surface area contributed by atoms with Crippen molar-refractivity contribution in [1.29, 1.82) is 0 Å². The average molecular weight is 553 g/mol. The minimum atomic E-state index is -1.35. The molecule has 2 aromatic heterocycles. The van der Waals surface area contributed by atoms with Gasteiger partial charge in [0.05, 0.1) is 5.56 Å². The van der Waals surface area contributed by atoms with E-state index in [1.165, 1.54) is 6.33 Å². The van der Waals surface area contributed by atoms with Crippen LogP contribution in [0.3, 0.4) is 0 Å². The summed E-state index contributed by atoms with van der Waals surface area (Å²) in [6.45, 7) is 6.60. The van der Waals surface area contributed by atoms with Gasteiger partial charge in [0, 0.05) is 42.7 Å². The molecule has 0 fully saturated rings. The smallest absolute Gasteiger partial charge is 0.419 e. The van der Waals surface area contributed by atoms with E-state index >= 15 is 0 Å². The van der Waals surface area contributed by atoms with Gasteiger partial charge >= 0.3 is 18.0 Å². The molecule has 0 unspecified atom stereocenters. The van der Waals surface area contributed by atoms with Crippen molar-refractivity contribution in [2.45, 2.75) is 27.7 Å². The number of carbonyl (C=O) groups is 5. The highest BCUT2D eigenvalue weighted by Gasteiger charge is 2.24. The summed E-state index contributed by atoms with van der Waals surface area (Å²) in [5.74, 6) is -2.88. The van der Waals surface area contributed by atoms with E-state index in [4.69, 9.17) is 9.84 Å². The highest BCUT2D eigenvalue weighted by Crippen LogP contribution is 2.28. The number of carboxylic acids is 1. The molecular formula is C26H28N6O8. The summed E-state index contributed by atoms with van der Waals surface area (Å²) in [4.78, 5) is 65.1. The van der Waals surface area contributed by atoms with Crippen molar-refractivity contribution in [3.05, 3.63) is 65.1 Å². The lowest BCUT2D eigenvalue weighted by Crippen LogP contribution is -2.37. The lowest BCUT2D eigenvalue weighted by atomic mass is 10.1. The van der Waals surface area contributed by atoms with Gasteiger partial charge in [0.15, 0.2) is 5.82 Å². The summed E-state index contributed by atoms with van der Waals surface area (Å²) in [5.41, 5.74) is 3.15. The number of anilines is 2. The first kappa shape index (κ1) is 29.3. The van der Waals surface area contributed by atoms with Crippen LogP contribution in [0.2, 0.25) is 0 Å². The second-order valence-electron chi connectivity index (χ2n) is 8.30. The van der Waals surface area contributed by atoms with Gasteiger partial charge in [-0.1, -0.05) is 6.07 Å². The zero-order valence-electron chi connectivity index (χ0n) is 22.3. The number of aromatic nitrogens is 3. The first-order valence-electron chi connectivity index (χ1n) is 12.1. The Morgan fingerprint density at radius 1 is 1.10 bits per heavy atom. The van der Waals surface area contributed by atoms with Crippen LogP contribution in [0.5, 0.6) is 0 Å². The second-order valence-corrected chi connectivity index (χ2v) is 8.30. The van der Waals surface area contributed by atoms with Crippen LogP contribution in [0, 0.1) is 13.8 Å². The number of carboxylic acid groups (broad SMARTS) is 1. The number of esters is 1. The number of aliphatic carboxylic acids is 1. The molecule has 0 spiro atoms. The van der Waals surface area contributed by atoms with E-state index < -0.39 is 30.7 Å². The molecule has 0 atom stereocenters. The molecule has 14 nitrogen and oxygen atoms in total. The topological polar surface area (TPSA) is 182 Å². The van der Waals surface area contributed by atoms with Crippen LogP contribution in [0.25, 0.3) is 5.52 Å². The molecule has 40 heavy (non-hydrogen) atoms. The van der Waals surface area contributed by atoms with Crippen molar-refractivity contribution < 1.29 is 38.6 Å². The number of rotatable bonds is 10. The number of nitrogens with zero attached hydrogens (tertiary/aromatic N) is 4. The van der Waals surface area contributed by atoms with Crippen LogP contribution in [0.15, 0.2) is 42.9 Å². The summed E-state index contributed by atoms with van der Waals surface area (Å²) in [5, 5.41) is 18.7. The van der Waals surface area contributed by atoms with E-state index in [2.05, 4.69) is 25.5 Å². The molecule has 3 rings (SSSR count). The molecule has 210 valence electrons. The van der Waals surface area contributed by atoms with Gasteiger partial charge in [-0.15, -0.1) is 0 Å². The van der Waals surface area contributed by atoms with Crippen LogP contribution in [0.1, 0.15) is 45.7 Å². The number of benzene rings is 1. The molecular weight excluding hydrogens is 524 g/mol. The van der Waals surface area contributed by atoms with Gasteiger partial charge in [-0.05, 0) is 51.0 Å². The lowest BCUT2D eigenvalue weighted by Gasteiger charge is -2.19. The number of aryl methyl sites for hydroxylation is 2. The molecule has 1 aromatic carbocycles. The number of nitrogens with one attached hydrogen (secondary N) is 2. The average Bonchev–Trinajstić information content (AvgIpc) is 3.26. The molecule has 0 aliphatic carbocycles. The molecule has 3 N–H and O–H groups in total. The van der Waals surface area contributed by atoms with E-state index in [0.717, 1.165) is 10.5 Å². The maximum Gasteiger partial charge on any atom is 0.419 e. The number of carbonyl (C=O) groups excluding carboxylic acids is 4. The van der Waals surface area contributed by atoms with Gasteiger partial charge in [0.25, 0.3) is 11.8 Å². The fraction of sp³-hybridized carbons (Fsp3) is 0.269. The quantitative estimate of drug-likeness (QED) is 0.191. The number of fused-ring (bicyclic) bond motifs is 1. The van der Waals surface area contributed by atoms with Gasteiger partial charge in [-0.2, -0.15) is 5.10 Å². The summed E-state index contributed by atoms with van der Waals surface area (Å²) in [7, 11) is 0. The van der Waals surface area contributed by atoms with Crippen molar-refractivity contribution in [2.24, 2.45) is 0 Å². The first-order valence-corrected chi connectivity index (χ1v) is 12.1. The Hall–Kier alpha value is -5.27. The number of amides is 3. The predicted molar refractivity (Wildman–Crippen MR) is 141 cm³/mol. The third-order valence-corrected chi connectivity index (χ3v) is 5.67. The molecule has 0 aliphatic heterocycles. The highest BCUT2D eigenvalue weighted by atomic mass is 16.7.